The van der Waals surface area contributed by atoms with Gasteiger partial charge in [0.05, 0.1) is 0 Å². The molecule has 164 valence electrons. The molecule has 0 saturated heterocycles. The molecular weight excluding hydrogens is 383 g/mol. The molecule has 0 unspecified atom stereocenters. The zero-order valence-electron chi connectivity index (χ0n) is 19.3. The fraction of sp³-hybridized carbons (Fsp3) is 0.357. The maximum atomic E-state index is 13.9. The maximum absolute atomic E-state index is 13.9. The van der Waals surface area contributed by atoms with E-state index in [1.54, 1.807) is 12.1 Å². The van der Waals surface area contributed by atoms with Crippen LogP contribution in [-0.4, -0.2) is 37.0 Å². The topological polar surface area (TPSA) is 6.48 Å². The van der Waals surface area contributed by atoms with Crippen LogP contribution in [0.15, 0.2) is 72.8 Å². The summed E-state index contributed by atoms with van der Waals surface area (Å²) in [5.41, 5.74) is 6.01. The summed E-state index contributed by atoms with van der Waals surface area (Å²) in [7, 11) is 4.23. The van der Waals surface area contributed by atoms with Crippen molar-refractivity contribution in [1.82, 2.24) is 9.80 Å². The van der Waals surface area contributed by atoms with E-state index >= 15 is 0 Å². The molecule has 0 saturated carbocycles. The number of halogens is 1. The minimum Gasteiger partial charge on any atom is -0.308 e. The summed E-state index contributed by atoms with van der Waals surface area (Å²) < 4.78 is 13.9. The van der Waals surface area contributed by atoms with Crippen LogP contribution in [0.5, 0.6) is 0 Å². The molecular formula is C28H35FN2. The van der Waals surface area contributed by atoms with Crippen LogP contribution in [-0.2, 0) is 19.5 Å². The number of benzene rings is 3. The first kappa shape index (κ1) is 23.2. The van der Waals surface area contributed by atoms with Crippen LogP contribution in [0, 0.1) is 11.7 Å². The molecule has 3 rings (SSSR count). The third kappa shape index (κ3) is 7.30. The summed E-state index contributed by atoms with van der Waals surface area (Å²) in [5, 5.41) is 0. The van der Waals surface area contributed by atoms with Gasteiger partial charge in [-0.1, -0.05) is 74.5 Å². The second-order valence-corrected chi connectivity index (χ2v) is 9.10. The molecule has 2 nitrogen and oxygen atoms in total. The number of nitrogens with zero attached hydrogens (tertiary/aromatic N) is 2. The standard InChI is InChI=1S/C28H35FN2/c1-22(2)17-23-9-7-10-24(18-23)20-31(16-15-30(3)4)21-26-11-5-6-14-28(26)25-12-8-13-27(29)19-25/h5-14,18-19,22H,15-17,20-21H2,1-4H3. The van der Waals surface area contributed by atoms with Crippen molar-refractivity contribution in [3.63, 3.8) is 0 Å². The van der Waals surface area contributed by atoms with Gasteiger partial charge >= 0.3 is 0 Å². The van der Waals surface area contributed by atoms with E-state index in [0.717, 1.165) is 43.7 Å². The summed E-state index contributed by atoms with van der Waals surface area (Å²) in [6.07, 6.45) is 1.11. The van der Waals surface area contributed by atoms with Crippen molar-refractivity contribution in [2.24, 2.45) is 5.92 Å². The lowest BCUT2D eigenvalue weighted by molar-refractivity contribution is 0.226. The van der Waals surface area contributed by atoms with Crippen LogP contribution in [0.25, 0.3) is 11.1 Å². The Bertz CT molecular complexity index is 964. The molecule has 0 heterocycles. The second-order valence-electron chi connectivity index (χ2n) is 9.10. The molecule has 0 aliphatic rings. The average molecular weight is 419 g/mol. The van der Waals surface area contributed by atoms with Gasteiger partial charge in [-0.25, -0.2) is 4.39 Å². The fourth-order valence-corrected chi connectivity index (χ4v) is 3.98. The predicted molar refractivity (Wildman–Crippen MR) is 129 cm³/mol. The third-order valence-electron chi connectivity index (χ3n) is 5.45. The van der Waals surface area contributed by atoms with Crippen molar-refractivity contribution >= 4 is 0 Å². The normalized spacial score (nSPS) is 11.6. The lowest BCUT2D eigenvalue weighted by atomic mass is 9.98. The van der Waals surface area contributed by atoms with Crippen molar-refractivity contribution in [2.45, 2.75) is 33.4 Å². The molecule has 0 radical (unpaired) electrons. The van der Waals surface area contributed by atoms with E-state index in [9.17, 15) is 4.39 Å². The van der Waals surface area contributed by atoms with Crippen LogP contribution < -0.4 is 0 Å². The Morgan fingerprint density at radius 2 is 1.52 bits per heavy atom. The Hall–Kier alpha value is -2.49. The molecule has 31 heavy (non-hydrogen) atoms. The first-order chi connectivity index (χ1) is 14.9. The van der Waals surface area contributed by atoms with Gasteiger partial charge in [-0.05, 0) is 66.4 Å². The highest BCUT2D eigenvalue weighted by atomic mass is 19.1. The van der Waals surface area contributed by atoms with Gasteiger partial charge in [-0.2, -0.15) is 0 Å². The van der Waals surface area contributed by atoms with Gasteiger partial charge in [-0.15, -0.1) is 0 Å². The molecule has 0 fully saturated rings. The lowest BCUT2D eigenvalue weighted by Gasteiger charge is -2.26. The third-order valence-corrected chi connectivity index (χ3v) is 5.45. The number of hydrogen-bond donors (Lipinski definition) is 0. The van der Waals surface area contributed by atoms with Gasteiger partial charge in [0, 0.05) is 26.2 Å². The van der Waals surface area contributed by atoms with E-state index in [0.29, 0.717) is 5.92 Å². The monoisotopic (exact) mass is 418 g/mol. The van der Waals surface area contributed by atoms with Crippen LogP contribution in [0.1, 0.15) is 30.5 Å². The number of likely N-dealkylation sites (N-methyl/N-ethyl adjacent to an activating group) is 1. The Balaban J connectivity index is 1.84. The van der Waals surface area contributed by atoms with Crippen molar-refractivity contribution in [3.8, 4) is 11.1 Å². The first-order valence-corrected chi connectivity index (χ1v) is 11.2. The summed E-state index contributed by atoms with van der Waals surface area (Å²) in [5.74, 6) is 0.456. The van der Waals surface area contributed by atoms with Crippen molar-refractivity contribution in [3.05, 3.63) is 95.3 Å². The summed E-state index contributed by atoms with van der Waals surface area (Å²) >= 11 is 0. The van der Waals surface area contributed by atoms with Crippen molar-refractivity contribution in [1.29, 1.82) is 0 Å². The molecule has 0 amide bonds. The van der Waals surface area contributed by atoms with E-state index < -0.39 is 0 Å². The largest absolute Gasteiger partial charge is 0.308 e. The number of rotatable bonds is 10. The van der Waals surface area contributed by atoms with Gasteiger partial charge in [0.15, 0.2) is 0 Å². The first-order valence-electron chi connectivity index (χ1n) is 11.2. The molecule has 3 aromatic rings. The Labute approximate surface area is 187 Å². The van der Waals surface area contributed by atoms with E-state index in [2.05, 4.69) is 80.2 Å². The second kappa shape index (κ2) is 11.2. The zero-order valence-corrected chi connectivity index (χ0v) is 19.3. The van der Waals surface area contributed by atoms with Gasteiger partial charge in [0.1, 0.15) is 5.82 Å². The van der Waals surface area contributed by atoms with E-state index in [-0.39, 0.29) is 5.82 Å². The summed E-state index contributed by atoms with van der Waals surface area (Å²) in [4.78, 5) is 4.72. The molecule has 0 bridgehead atoms. The Kier molecular flexibility index (Phi) is 8.39. The summed E-state index contributed by atoms with van der Waals surface area (Å²) in [6, 6.07) is 24.2. The van der Waals surface area contributed by atoms with Gasteiger partial charge < -0.3 is 4.90 Å². The molecule has 3 aromatic carbocycles. The van der Waals surface area contributed by atoms with Gasteiger partial charge in [0.2, 0.25) is 0 Å². The van der Waals surface area contributed by atoms with E-state index in [1.165, 1.54) is 22.8 Å². The highest BCUT2D eigenvalue weighted by Crippen LogP contribution is 2.26. The highest BCUT2D eigenvalue weighted by molar-refractivity contribution is 5.67. The molecule has 0 aliphatic heterocycles. The quantitative estimate of drug-likeness (QED) is 0.384. The van der Waals surface area contributed by atoms with Crippen molar-refractivity contribution < 1.29 is 4.39 Å². The minimum atomic E-state index is -0.196. The zero-order chi connectivity index (χ0) is 22.2. The SMILES string of the molecule is CC(C)Cc1cccc(CN(CCN(C)C)Cc2ccccc2-c2cccc(F)c2)c1. The predicted octanol–water partition coefficient (Wildman–Crippen LogP) is 6.26. The van der Waals surface area contributed by atoms with E-state index in [4.69, 9.17) is 0 Å². The van der Waals surface area contributed by atoms with Crippen molar-refractivity contribution in [2.75, 3.05) is 27.2 Å². The van der Waals surface area contributed by atoms with Gasteiger partial charge in [-0.3, -0.25) is 4.90 Å². The maximum Gasteiger partial charge on any atom is 0.123 e. The van der Waals surface area contributed by atoms with Gasteiger partial charge in [0.25, 0.3) is 0 Å². The molecule has 0 aliphatic carbocycles. The lowest BCUT2D eigenvalue weighted by Crippen LogP contribution is -2.31. The minimum absolute atomic E-state index is 0.196. The fourth-order valence-electron chi connectivity index (χ4n) is 3.98. The average Bonchev–Trinajstić information content (AvgIpc) is 2.72. The molecule has 3 heteroatoms. The van der Waals surface area contributed by atoms with Crippen LogP contribution in [0.3, 0.4) is 0 Å². The van der Waals surface area contributed by atoms with Crippen LogP contribution >= 0.6 is 0 Å². The van der Waals surface area contributed by atoms with Crippen LogP contribution in [0.2, 0.25) is 0 Å². The number of hydrogen-bond acceptors (Lipinski definition) is 2. The highest BCUT2D eigenvalue weighted by Gasteiger charge is 2.12. The van der Waals surface area contributed by atoms with Crippen LogP contribution in [0.4, 0.5) is 4.39 Å². The summed E-state index contributed by atoms with van der Waals surface area (Å²) in [6.45, 7) is 8.22. The molecule has 0 aromatic heterocycles. The molecule has 0 spiro atoms. The Morgan fingerprint density at radius 3 is 2.26 bits per heavy atom. The van der Waals surface area contributed by atoms with E-state index in [1.807, 2.05) is 12.1 Å². The molecule has 0 N–H and O–H groups in total. The molecule has 0 atom stereocenters. The smallest absolute Gasteiger partial charge is 0.123 e. The Morgan fingerprint density at radius 1 is 0.774 bits per heavy atom.